The van der Waals surface area contributed by atoms with Gasteiger partial charge in [0.15, 0.2) is 0 Å². The first-order valence-electron chi connectivity index (χ1n) is 8.27. The molecule has 1 aromatic heterocycles. The molecule has 5 heteroatoms. The zero-order valence-electron chi connectivity index (χ0n) is 13.2. The quantitative estimate of drug-likeness (QED) is 0.847. The van der Waals surface area contributed by atoms with Crippen LogP contribution in [-0.2, 0) is 11.3 Å². The molecule has 23 heavy (non-hydrogen) atoms. The van der Waals surface area contributed by atoms with Gasteiger partial charge in [0.2, 0.25) is 5.91 Å². The molecule has 1 saturated carbocycles. The summed E-state index contributed by atoms with van der Waals surface area (Å²) in [7, 11) is 0. The molecule has 1 aliphatic carbocycles. The summed E-state index contributed by atoms with van der Waals surface area (Å²) in [5.74, 6) is 1.54. The second kappa shape index (κ2) is 7.64. The fourth-order valence-electron chi connectivity index (χ4n) is 3.21. The van der Waals surface area contributed by atoms with Crippen LogP contribution in [0.15, 0.2) is 36.5 Å². The van der Waals surface area contributed by atoms with Crippen LogP contribution in [0.2, 0.25) is 5.02 Å². The van der Waals surface area contributed by atoms with Crippen LogP contribution in [0.3, 0.4) is 0 Å². The van der Waals surface area contributed by atoms with Crippen LogP contribution in [0, 0.1) is 5.92 Å². The van der Waals surface area contributed by atoms with E-state index >= 15 is 0 Å². The van der Waals surface area contributed by atoms with Gasteiger partial charge in [-0.2, -0.15) is 5.10 Å². The third-order valence-corrected chi connectivity index (χ3v) is 4.69. The third kappa shape index (κ3) is 4.58. The van der Waals surface area contributed by atoms with E-state index in [-0.39, 0.29) is 5.91 Å². The highest BCUT2D eigenvalue weighted by atomic mass is 35.5. The Labute approximate surface area is 141 Å². The summed E-state index contributed by atoms with van der Waals surface area (Å²) in [6.45, 7) is 0.589. The number of amides is 1. The van der Waals surface area contributed by atoms with Gasteiger partial charge in [0.05, 0.1) is 12.7 Å². The first-order valence-corrected chi connectivity index (χ1v) is 8.64. The predicted octanol–water partition coefficient (Wildman–Crippen LogP) is 4.49. The molecule has 122 valence electrons. The monoisotopic (exact) mass is 331 g/mol. The normalized spacial score (nSPS) is 15.0. The molecule has 1 heterocycles. The van der Waals surface area contributed by atoms with E-state index in [1.165, 1.54) is 25.7 Å². The second-order valence-corrected chi connectivity index (χ2v) is 6.68. The number of rotatable bonds is 6. The summed E-state index contributed by atoms with van der Waals surface area (Å²) >= 11 is 6.01. The van der Waals surface area contributed by atoms with E-state index in [1.807, 2.05) is 30.3 Å². The number of anilines is 1. The van der Waals surface area contributed by atoms with Crippen molar-refractivity contribution in [3.8, 4) is 0 Å². The van der Waals surface area contributed by atoms with Gasteiger partial charge in [0, 0.05) is 17.5 Å². The highest BCUT2D eigenvalue weighted by Gasteiger charge is 2.16. The van der Waals surface area contributed by atoms with Crippen molar-refractivity contribution in [2.45, 2.75) is 45.1 Å². The zero-order chi connectivity index (χ0) is 16.1. The Morgan fingerprint density at radius 2 is 2.13 bits per heavy atom. The first-order chi connectivity index (χ1) is 11.2. The smallest absolute Gasteiger partial charge is 0.225 e. The number of hydrogen-bond acceptors (Lipinski definition) is 2. The molecule has 1 aromatic carbocycles. The Morgan fingerprint density at radius 1 is 1.30 bits per heavy atom. The fraction of sp³-hybridized carbons (Fsp3) is 0.444. The van der Waals surface area contributed by atoms with Crippen LogP contribution < -0.4 is 5.32 Å². The van der Waals surface area contributed by atoms with Gasteiger partial charge in [-0.15, -0.1) is 0 Å². The predicted molar refractivity (Wildman–Crippen MR) is 92.6 cm³/mol. The van der Waals surface area contributed by atoms with Gasteiger partial charge in [-0.1, -0.05) is 49.4 Å². The van der Waals surface area contributed by atoms with Crippen molar-refractivity contribution in [1.82, 2.24) is 9.78 Å². The molecule has 1 amide bonds. The van der Waals surface area contributed by atoms with Gasteiger partial charge in [-0.3, -0.25) is 4.79 Å². The fourth-order valence-corrected chi connectivity index (χ4v) is 3.43. The summed E-state index contributed by atoms with van der Waals surface area (Å²) < 4.78 is 1.79. The summed E-state index contributed by atoms with van der Waals surface area (Å²) in [4.78, 5) is 12.2. The molecule has 1 aliphatic rings. The van der Waals surface area contributed by atoms with Crippen LogP contribution in [0.1, 0.15) is 44.1 Å². The van der Waals surface area contributed by atoms with E-state index in [4.69, 9.17) is 11.6 Å². The molecular formula is C18H22ClN3O. The molecule has 4 nitrogen and oxygen atoms in total. The van der Waals surface area contributed by atoms with Crippen molar-refractivity contribution in [1.29, 1.82) is 0 Å². The van der Waals surface area contributed by atoms with E-state index in [0.29, 0.717) is 18.0 Å². The number of carbonyl (C=O) groups is 1. The third-order valence-electron chi connectivity index (χ3n) is 4.46. The summed E-state index contributed by atoms with van der Waals surface area (Å²) in [6, 6.07) is 9.51. The SMILES string of the molecule is O=C(CCC1CCCC1)Nc1ccnn1Cc1cccc(Cl)c1. The second-order valence-electron chi connectivity index (χ2n) is 6.24. The average Bonchev–Trinajstić information content (AvgIpc) is 3.18. The Bertz CT molecular complexity index is 662. The van der Waals surface area contributed by atoms with Crippen molar-refractivity contribution < 1.29 is 4.79 Å². The minimum Gasteiger partial charge on any atom is -0.311 e. The Morgan fingerprint density at radius 3 is 2.91 bits per heavy atom. The van der Waals surface area contributed by atoms with Gasteiger partial charge in [0.25, 0.3) is 0 Å². The average molecular weight is 332 g/mol. The van der Waals surface area contributed by atoms with Crippen LogP contribution in [0.4, 0.5) is 5.82 Å². The van der Waals surface area contributed by atoms with Gasteiger partial charge in [0.1, 0.15) is 5.82 Å². The van der Waals surface area contributed by atoms with Crippen molar-refractivity contribution in [3.05, 3.63) is 47.1 Å². The molecule has 0 radical (unpaired) electrons. The molecule has 0 spiro atoms. The molecule has 0 saturated heterocycles. The van der Waals surface area contributed by atoms with E-state index in [9.17, 15) is 4.79 Å². The van der Waals surface area contributed by atoms with Gasteiger partial charge in [-0.25, -0.2) is 4.68 Å². The van der Waals surface area contributed by atoms with Crippen LogP contribution in [0.25, 0.3) is 0 Å². The van der Waals surface area contributed by atoms with E-state index in [2.05, 4.69) is 10.4 Å². The minimum atomic E-state index is 0.0738. The number of halogens is 1. The summed E-state index contributed by atoms with van der Waals surface area (Å²) in [6.07, 6.45) is 8.48. The molecule has 0 aliphatic heterocycles. The van der Waals surface area contributed by atoms with Crippen LogP contribution >= 0.6 is 11.6 Å². The number of carbonyl (C=O) groups excluding carboxylic acids is 1. The lowest BCUT2D eigenvalue weighted by Crippen LogP contribution is -2.16. The number of aromatic nitrogens is 2. The lowest BCUT2D eigenvalue weighted by atomic mass is 10.0. The van der Waals surface area contributed by atoms with Crippen molar-refractivity contribution >= 4 is 23.3 Å². The number of nitrogens with zero attached hydrogens (tertiary/aromatic N) is 2. The first kappa shape index (κ1) is 16.1. The highest BCUT2D eigenvalue weighted by Crippen LogP contribution is 2.28. The Hall–Kier alpha value is -1.81. The molecule has 3 rings (SSSR count). The molecule has 0 unspecified atom stereocenters. The highest BCUT2D eigenvalue weighted by molar-refractivity contribution is 6.30. The zero-order valence-corrected chi connectivity index (χ0v) is 13.9. The summed E-state index contributed by atoms with van der Waals surface area (Å²) in [5, 5.41) is 7.97. The Balaban J connectivity index is 1.56. The number of benzene rings is 1. The maximum absolute atomic E-state index is 12.2. The maximum atomic E-state index is 12.2. The molecule has 0 bridgehead atoms. The largest absolute Gasteiger partial charge is 0.311 e. The van der Waals surface area contributed by atoms with Gasteiger partial charge in [-0.05, 0) is 30.0 Å². The van der Waals surface area contributed by atoms with E-state index < -0.39 is 0 Å². The topological polar surface area (TPSA) is 46.9 Å². The van der Waals surface area contributed by atoms with Crippen LogP contribution in [-0.4, -0.2) is 15.7 Å². The van der Waals surface area contributed by atoms with Crippen LogP contribution in [0.5, 0.6) is 0 Å². The molecular weight excluding hydrogens is 310 g/mol. The lowest BCUT2D eigenvalue weighted by Gasteiger charge is -2.11. The van der Waals surface area contributed by atoms with Crippen molar-refractivity contribution in [3.63, 3.8) is 0 Å². The van der Waals surface area contributed by atoms with Crippen molar-refractivity contribution in [2.75, 3.05) is 5.32 Å². The molecule has 0 atom stereocenters. The van der Waals surface area contributed by atoms with Gasteiger partial charge < -0.3 is 5.32 Å². The van der Waals surface area contributed by atoms with E-state index in [1.54, 1.807) is 10.9 Å². The Kier molecular flexibility index (Phi) is 5.34. The molecule has 1 fully saturated rings. The van der Waals surface area contributed by atoms with Crippen molar-refractivity contribution in [2.24, 2.45) is 5.92 Å². The molecule has 1 N–H and O–H groups in total. The lowest BCUT2D eigenvalue weighted by molar-refractivity contribution is -0.116. The number of hydrogen-bond donors (Lipinski definition) is 1. The number of nitrogens with one attached hydrogen (secondary N) is 1. The van der Waals surface area contributed by atoms with Gasteiger partial charge >= 0.3 is 0 Å². The minimum absolute atomic E-state index is 0.0738. The van der Waals surface area contributed by atoms with E-state index in [0.717, 1.165) is 23.7 Å². The maximum Gasteiger partial charge on any atom is 0.225 e. The molecule has 2 aromatic rings. The standard InChI is InChI=1S/C18H22ClN3O/c19-16-7-3-6-15(12-16)13-22-17(10-11-20-22)21-18(23)9-8-14-4-1-2-5-14/h3,6-7,10-12,14H,1-2,4-5,8-9,13H2,(H,21,23). The summed E-state index contributed by atoms with van der Waals surface area (Å²) in [5.41, 5.74) is 1.06.